The molecule has 5 rings (SSSR count). The molecule has 2 saturated heterocycles. The van der Waals surface area contributed by atoms with Gasteiger partial charge in [-0.2, -0.15) is 0 Å². The summed E-state index contributed by atoms with van der Waals surface area (Å²) in [7, 11) is 4.10. The molecule has 2 aliphatic rings. The van der Waals surface area contributed by atoms with Crippen LogP contribution < -0.4 is 4.90 Å². The van der Waals surface area contributed by atoms with Gasteiger partial charge in [0.25, 0.3) is 0 Å². The third-order valence-electron chi connectivity index (χ3n) is 6.23. The number of hydrogen-bond donors (Lipinski definition) is 0. The van der Waals surface area contributed by atoms with Gasteiger partial charge >= 0.3 is 6.03 Å². The predicted molar refractivity (Wildman–Crippen MR) is 128 cm³/mol. The second-order valence-electron chi connectivity index (χ2n) is 8.40. The molecule has 3 aromatic rings. The zero-order valence-corrected chi connectivity index (χ0v) is 18.7. The summed E-state index contributed by atoms with van der Waals surface area (Å²) < 4.78 is 0. The molecule has 31 heavy (non-hydrogen) atoms. The average Bonchev–Trinajstić information content (AvgIpc) is 3.35. The Kier molecular flexibility index (Phi) is 5.36. The Morgan fingerprint density at radius 3 is 2.16 bits per heavy atom. The van der Waals surface area contributed by atoms with Crippen LogP contribution in [0.4, 0.5) is 10.5 Å². The van der Waals surface area contributed by atoms with Crippen LogP contribution in [-0.2, 0) is 6.54 Å². The molecule has 0 N–H and O–H groups in total. The summed E-state index contributed by atoms with van der Waals surface area (Å²) in [6, 6.07) is 29.8. The molecule has 0 unspecified atom stereocenters. The molecule has 0 bridgehead atoms. The monoisotopic (exact) mass is 429 g/mol. The number of carbonyl (C=O) groups is 1. The lowest BCUT2D eigenvalue weighted by molar-refractivity contribution is 0.181. The van der Waals surface area contributed by atoms with Gasteiger partial charge in [-0.05, 0) is 28.8 Å². The highest BCUT2D eigenvalue weighted by molar-refractivity contribution is 7.99. The third kappa shape index (κ3) is 3.68. The van der Waals surface area contributed by atoms with E-state index in [4.69, 9.17) is 0 Å². The number of benzene rings is 3. The summed E-state index contributed by atoms with van der Waals surface area (Å²) in [6.45, 7) is 0.624. The van der Waals surface area contributed by atoms with E-state index in [1.54, 1.807) is 0 Å². The molecule has 0 radical (unpaired) electrons. The topological polar surface area (TPSA) is 26.8 Å². The largest absolute Gasteiger partial charge is 0.378 e. The van der Waals surface area contributed by atoms with E-state index >= 15 is 0 Å². The molecule has 3 atom stereocenters. The van der Waals surface area contributed by atoms with Crippen molar-refractivity contribution in [3.05, 3.63) is 102 Å². The van der Waals surface area contributed by atoms with Gasteiger partial charge in [-0.25, -0.2) is 4.79 Å². The first-order valence-electron chi connectivity index (χ1n) is 10.7. The number of nitrogens with zero attached hydrogens (tertiary/aromatic N) is 3. The highest BCUT2D eigenvalue weighted by Crippen LogP contribution is 2.51. The first-order chi connectivity index (χ1) is 15.1. The number of anilines is 1. The van der Waals surface area contributed by atoms with Crippen LogP contribution in [0.15, 0.2) is 84.9 Å². The van der Waals surface area contributed by atoms with Crippen molar-refractivity contribution in [2.75, 3.05) is 24.7 Å². The van der Waals surface area contributed by atoms with Crippen molar-refractivity contribution in [3.63, 3.8) is 0 Å². The number of hydrogen-bond acceptors (Lipinski definition) is 3. The second kappa shape index (κ2) is 8.31. The van der Waals surface area contributed by atoms with Gasteiger partial charge < -0.3 is 14.7 Å². The Bertz CT molecular complexity index is 1040. The fraction of sp³-hybridized carbons (Fsp3) is 0.269. The summed E-state index contributed by atoms with van der Waals surface area (Å²) in [6.07, 6.45) is 0. The van der Waals surface area contributed by atoms with Crippen molar-refractivity contribution in [2.24, 2.45) is 0 Å². The summed E-state index contributed by atoms with van der Waals surface area (Å²) in [4.78, 5) is 20.1. The molecule has 0 aliphatic carbocycles. The van der Waals surface area contributed by atoms with Crippen LogP contribution in [0.5, 0.6) is 0 Å². The van der Waals surface area contributed by atoms with E-state index in [0.29, 0.717) is 6.54 Å². The second-order valence-corrected chi connectivity index (χ2v) is 9.51. The van der Waals surface area contributed by atoms with E-state index in [1.165, 1.54) is 16.8 Å². The van der Waals surface area contributed by atoms with Gasteiger partial charge in [-0.15, -0.1) is 11.8 Å². The maximum absolute atomic E-state index is 13.8. The maximum atomic E-state index is 13.8. The molecule has 2 fully saturated rings. The fourth-order valence-corrected chi connectivity index (χ4v) is 6.16. The van der Waals surface area contributed by atoms with E-state index in [-0.39, 0.29) is 23.5 Å². The molecule has 2 aliphatic heterocycles. The summed E-state index contributed by atoms with van der Waals surface area (Å²) in [5, 5.41) is 0.0722. The molecule has 0 saturated carbocycles. The Hall–Kier alpha value is -2.92. The number of carbonyl (C=O) groups excluding carboxylic acids is 1. The van der Waals surface area contributed by atoms with E-state index in [1.807, 2.05) is 36.0 Å². The number of rotatable bonds is 5. The van der Waals surface area contributed by atoms with Crippen LogP contribution in [0.1, 0.15) is 28.1 Å². The van der Waals surface area contributed by atoms with Crippen molar-refractivity contribution in [2.45, 2.75) is 24.0 Å². The van der Waals surface area contributed by atoms with Gasteiger partial charge in [0.2, 0.25) is 0 Å². The number of amides is 2. The van der Waals surface area contributed by atoms with Crippen molar-refractivity contribution < 1.29 is 4.79 Å². The van der Waals surface area contributed by atoms with Crippen LogP contribution in [0.25, 0.3) is 0 Å². The standard InChI is InChI=1S/C26H27N3OS/c1-27(2)22-15-13-20(14-16-22)24-23-18-31-25(21-11-7-4-8-12-21)29(23)26(30)28(24)17-19-9-5-3-6-10-19/h3-16,23-25H,17-18H2,1-2H3/t23-,24-,25-/m0/s1. The molecule has 2 amide bonds. The van der Waals surface area contributed by atoms with Crippen molar-refractivity contribution in [1.29, 1.82) is 0 Å². The molecule has 0 aromatic heterocycles. The minimum Gasteiger partial charge on any atom is -0.378 e. The Morgan fingerprint density at radius 2 is 1.52 bits per heavy atom. The quantitative estimate of drug-likeness (QED) is 0.532. The summed E-state index contributed by atoms with van der Waals surface area (Å²) in [5.41, 5.74) is 4.74. The first-order valence-corrected chi connectivity index (χ1v) is 11.7. The Morgan fingerprint density at radius 1 is 0.871 bits per heavy atom. The zero-order valence-electron chi connectivity index (χ0n) is 17.9. The molecular weight excluding hydrogens is 402 g/mol. The van der Waals surface area contributed by atoms with E-state index < -0.39 is 0 Å². The number of fused-ring (bicyclic) bond motifs is 1. The lowest BCUT2D eigenvalue weighted by Crippen LogP contribution is -2.33. The molecule has 158 valence electrons. The predicted octanol–water partition coefficient (Wildman–Crippen LogP) is 5.55. The van der Waals surface area contributed by atoms with Gasteiger partial charge in [-0.1, -0.05) is 72.8 Å². The normalized spacial score (nSPS) is 22.6. The van der Waals surface area contributed by atoms with Gasteiger partial charge in [0.05, 0.1) is 12.1 Å². The summed E-state index contributed by atoms with van der Waals surface area (Å²) in [5.74, 6) is 0.941. The fourth-order valence-electron chi connectivity index (χ4n) is 4.68. The van der Waals surface area contributed by atoms with Gasteiger partial charge in [0.15, 0.2) is 0 Å². The first kappa shape index (κ1) is 20.0. The van der Waals surface area contributed by atoms with E-state index in [0.717, 1.165) is 11.3 Å². The van der Waals surface area contributed by atoms with Gasteiger partial charge in [0.1, 0.15) is 5.37 Å². The minimum absolute atomic E-state index is 0.0464. The van der Waals surface area contributed by atoms with E-state index in [2.05, 4.69) is 89.5 Å². The van der Waals surface area contributed by atoms with Gasteiger partial charge in [0, 0.05) is 32.1 Å². The smallest absolute Gasteiger partial charge is 0.322 e. The third-order valence-corrected chi connectivity index (χ3v) is 7.58. The minimum atomic E-state index is 0.0464. The van der Waals surface area contributed by atoms with Crippen LogP contribution in [-0.4, -0.2) is 41.7 Å². The van der Waals surface area contributed by atoms with Crippen LogP contribution in [0, 0.1) is 0 Å². The molecule has 3 aromatic carbocycles. The number of thioether (sulfide) groups is 1. The molecule has 5 heteroatoms. The van der Waals surface area contributed by atoms with Crippen LogP contribution >= 0.6 is 11.8 Å². The van der Waals surface area contributed by atoms with Crippen molar-refractivity contribution in [1.82, 2.24) is 9.80 Å². The lowest BCUT2D eigenvalue weighted by Gasteiger charge is -2.27. The maximum Gasteiger partial charge on any atom is 0.322 e. The van der Waals surface area contributed by atoms with E-state index in [9.17, 15) is 4.79 Å². The van der Waals surface area contributed by atoms with Crippen LogP contribution in [0.2, 0.25) is 0 Å². The summed E-state index contributed by atoms with van der Waals surface area (Å²) >= 11 is 1.88. The lowest BCUT2D eigenvalue weighted by atomic mass is 9.99. The van der Waals surface area contributed by atoms with Crippen LogP contribution in [0.3, 0.4) is 0 Å². The Balaban J connectivity index is 1.52. The molecular formula is C26H27N3OS. The Labute approximate surface area is 188 Å². The number of urea groups is 1. The molecule has 4 nitrogen and oxygen atoms in total. The van der Waals surface area contributed by atoms with Crippen molar-refractivity contribution >= 4 is 23.5 Å². The highest BCUT2D eigenvalue weighted by atomic mass is 32.2. The average molecular weight is 430 g/mol. The van der Waals surface area contributed by atoms with Crippen molar-refractivity contribution in [3.8, 4) is 0 Å². The van der Waals surface area contributed by atoms with Gasteiger partial charge in [-0.3, -0.25) is 0 Å². The highest BCUT2D eigenvalue weighted by Gasteiger charge is 2.53. The SMILES string of the molecule is CN(C)c1ccc([C@H]2[C@@H]3CS[C@@H](c4ccccc4)N3C(=O)N2Cc2ccccc2)cc1. The molecule has 2 heterocycles. The molecule has 0 spiro atoms. The zero-order chi connectivity index (χ0) is 21.4.